The molecular weight excluding hydrogens is 136 g/mol. The normalized spacial score (nSPS) is 10.4. The summed E-state index contributed by atoms with van der Waals surface area (Å²) in [6.45, 7) is 2.07. The predicted molar refractivity (Wildman–Crippen MR) is 47.8 cm³/mol. The third-order valence-corrected chi connectivity index (χ3v) is 1.42. The van der Waals surface area contributed by atoms with Crippen LogP contribution in [-0.2, 0) is 0 Å². The van der Waals surface area contributed by atoms with E-state index < -0.39 is 0 Å². The second kappa shape index (κ2) is 3.76. The molecule has 0 atom stereocenters. The zero-order chi connectivity index (χ0) is 8.10. The Morgan fingerprint density at radius 2 is 1.91 bits per heavy atom. The molecular formula is C9H12N2. The molecule has 0 amide bonds. The number of rotatable bonds is 2. The molecule has 1 aromatic carbocycles. The minimum atomic E-state index is 1.12. The van der Waals surface area contributed by atoms with E-state index in [0.29, 0.717) is 0 Å². The Labute approximate surface area is 66.9 Å². The summed E-state index contributed by atoms with van der Waals surface area (Å²) >= 11 is 0. The van der Waals surface area contributed by atoms with Crippen LogP contribution in [-0.4, -0.2) is 13.3 Å². The summed E-state index contributed by atoms with van der Waals surface area (Å²) < 4.78 is 0. The maximum atomic E-state index is 3.90. The smallest absolute Gasteiger partial charge is 0.0540 e. The molecule has 2 heteroatoms. The Morgan fingerprint density at radius 3 is 2.45 bits per heavy atom. The summed E-state index contributed by atoms with van der Waals surface area (Å²) in [5, 5.41) is 3.90. The van der Waals surface area contributed by atoms with Crippen molar-refractivity contribution in [3.63, 3.8) is 0 Å². The SMILES string of the molecule is CN/N=C\c1ccc(C)cc1. The maximum absolute atomic E-state index is 3.90. The molecule has 0 aliphatic carbocycles. The van der Waals surface area contributed by atoms with Crippen LogP contribution in [0.3, 0.4) is 0 Å². The highest BCUT2D eigenvalue weighted by Gasteiger charge is 1.85. The van der Waals surface area contributed by atoms with Crippen molar-refractivity contribution in [2.24, 2.45) is 5.10 Å². The van der Waals surface area contributed by atoms with E-state index >= 15 is 0 Å². The average Bonchev–Trinajstić information content (AvgIpc) is 2.04. The number of nitrogens with one attached hydrogen (secondary N) is 1. The Kier molecular flexibility index (Phi) is 2.66. The molecule has 0 aliphatic rings. The van der Waals surface area contributed by atoms with E-state index in [0.717, 1.165) is 5.56 Å². The second-order valence-electron chi connectivity index (χ2n) is 2.39. The molecule has 0 saturated carbocycles. The Hall–Kier alpha value is -1.31. The summed E-state index contributed by atoms with van der Waals surface area (Å²) in [7, 11) is 1.78. The largest absolute Gasteiger partial charge is 0.313 e. The molecule has 0 bridgehead atoms. The number of hydrazone groups is 1. The summed E-state index contributed by atoms with van der Waals surface area (Å²) in [5.41, 5.74) is 5.09. The fraction of sp³-hybridized carbons (Fsp3) is 0.222. The topological polar surface area (TPSA) is 24.4 Å². The zero-order valence-corrected chi connectivity index (χ0v) is 6.83. The molecule has 0 radical (unpaired) electrons. The molecule has 0 saturated heterocycles. The number of hydrogen-bond donors (Lipinski definition) is 1. The first-order valence-corrected chi connectivity index (χ1v) is 3.59. The number of aryl methyl sites for hydroxylation is 1. The second-order valence-corrected chi connectivity index (χ2v) is 2.39. The standard InChI is InChI=1S/C9H12N2/c1-8-3-5-9(6-4-8)7-11-10-2/h3-7,10H,1-2H3/b11-7-. The summed E-state index contributed by atoms with van der Waals surface area (Å²) in [5.74, 6) is 0. The van der Waals surface area contributed by atoms with Gasteiger partial charge in [-0.15, -0.1) is 0 Å². The van der Waals surface area contributed by atoms with Crippen LogP contribution in [0.2, 0.25) is 0 Å². The molecule has 58 valence electrons. The molecule has 1 aromatic rings. The van der Waals surface area contributed by atoms with Crippen molar-refractivity contribution in [3.8, 4) is 0 Å². The third kappa shape index (κ3) is 2.42. The first-order valence-electron chi connectivity index (χ1n) is 3.59. The van der Waals surface area contributed by atoms with Crippen molar-refractivity contribution in [1.82, 2.24) is 5.43 Å². The quantitative estimate of drug-likeness (QED) is 0.499. The molecule has 0 heterocycles. The van der Waals surface area contributed by atoms with E-state index in [1.54, 1.807) is 13.3 Å². The molecule has 0 aliphatic heterocycles. The van der Waals surface area contributed by atoms with Gasteiger partial charge in [0.1, 0.15) is 0 Å². The minimum absolute atomic E-state index is 1.12. The van der Waals surface area contributed by atoms with Crippen molar-refractivity contribution in [2.75, 3.05) is 7.05 Å². The van der Waals surface area contributed by atoms with Crippen molar-refractivity contribution < 1.29 is 0 Å². The fourth-order valence-corrected chi connectivity index (χ4v) is 0.792. The molecule has 1 rings (SSSR count). The van der Waals surface area contributed by atoms with Crippen LogP contribution < -0.4 is 5.43 Å². The van der Waals surface area contributed by atoms with Gasteiger partial charge < -0.3 is 5.43 Å². The van der Waals surface area contributed by atoms with E-state index in [4.69, 9.17) is 0 Å². The Bertz CT molecular complexity index is 236. The highest BCUT2D eigenvalue weighted by atomic mass is 15.3. The van der Waals surface area contributed by atoms with Gasteiger partial charge in [-0.2, -0.15) is 5.10 Å². The van der Waals surface area contributed by atoms with Crippen LogP contribution in [0.15, 0.2) is 29.4 Å². The summed E-state index contributed by atoms with van der Waals surface area (Å²) in [4.78, 5) is 0. The highest BCUT2D eigenvalue weighted by Crippen LogP contribution is 1.99. The molecule has 0 fully saturated rings. The van der Waals surface area contributed by atoms with Gasteiger partial charge in [-0.3, -0.25) is 0 Å². The Balaban J connectivity index is 2.73. The lowest BCUT2D eigenvalue weighted by Crippen LogP contribution is -1.94. The maximum Gasteiger partial charge on any atom is 0.0540 e. The molecule has 2 nitrogen and oxygen atoms in total. The lowest BCUT2D eigenvalue weighted by molar-refractivity contribution is 0.908. The van der Waals surface area contributed by atoms with Crippen LogP contribution in [0.5, 0.6) is 0 Å². The van der Waals surface area contributed by atoms with Gasteiger partial charge in [0.15, 0.2) is 0 Å². The van der Waals surface area contributed by atoms with Gasteiger partial charge in [-0.25, -0.2) is 0 Å². The van der Waals surface area contributed by atoms with Gasteiger partial charge in [-0.1, -0.05) is 29.8 Å². The molecule has 0 aromatic heterocycles. The molecule has 0 unspecified atom stereocenters. The first-order chi connectivity index (χ1) is 5.33. The third-order valence-electron chi connectivity index (χ3n) is 1.42. The van der Waals surface area contributed by atoms with Crippen LogP contribution in [0, 0.1) is 6.92 Å². The van der Waals surface area contributed by atoms with Crippen LogP contribution >= 0.6 is 0 Å². The van der Waals surface area contributed by atoms with E-state index in [2.05, 4.69) is 29.6 Å². The number of benzene rings is 1. The van der Waals surface area contributed by atoms with E-state index in [1.165, 1.54) is 5.56 Å². The van der Waals surface area contributed by atoms with Crippen LogP contribution in [0.1, 0.15) is 11.1 Å². The number of hydrogen-bond acceptors (Lipinski definition) is 2. The van der Waals surface area contributed by atoms with E-state index in [9.17, 15) is 0 Å². The van der Waals surface area contributed by atoms with Crippen molar-refractivity contribution in [2.45, 2.75) is 6.92 Å². The fourth-order valence-electron chi connectivity index (χ4n) is 0.792. The zero-order valence-electron chi connectivity index (χ0n) is 6.83. The minimum Gasteiger partial charge on any atom is -0.313 e. The lowest BCUT2D eigenvalue weighted by Gasteiger charge is -1.93. The van der Waals surface area contributed by atoms with Gasteiger partial charge >= 0.3 is 0 Å². The monoisotopic (exact) mass is 148 g/mol. The summed E-state index contributed by atoms with van der Waals surface area (Å²) in [6, 6.07) is 8.21. The van der Waals surface area contributed by atoms with E-state index in [-0.39, 0.29) is 0 Å². The Morgan fingerprint density at radius 1 is 1.27 bits per heavy atom. The van der Waals surface area contributed by atoms with Gasteiger partial charge in [0.25, 0.3) is 0 Å². The summed E-state index contributed by atoms with van der Waals surface area (Å²) in [6.07, 6.45) is 1.79. The highest BCUT2D eigenvalue weighted by molar-refractivity contribution is 5.79. The first kappa shape index (κ1) is 7.79. The van der Waals surface area contributed by atoms with Crippen LogP contribution in [0.4, 0.5) is 0 Å². The molecule has 11 heavy (non-hydrogen) atoms. The van der Waals surface area contributed by atoms with Crippen LogP contribution in [0.25, 0.3) is 0 Å². The van der Waals surface area contributed by atoms with Crippen molar-refractivity contribution in [1.29, 1.82) is 0 Å². The van der Waals surface area contributed by atoms with Crippen molar-refractivity contribution in [3.05, 3.63) is 35.4 Å². The average molecular weight is 148 g/mol. The molecule has 1 N–H and O–H groups in total. The van der Waals surface area contributed by atoms with Gasteiger partial charge in [-0.05, 0) is 12.5 Å². The van der Waals surface area contributed by atoms with Gasteiger partial charge in [0, 0.05) is 7.05 Å². The van der Waals surface area contributed by atoms with Crippen molar-refractivity contribution >= 4 is 6.21 Å². The predicted octanol–water partition coefficient (Wildman–Crippen LogP) is 1.55. The van der Waals surface area contributed by atoms with Gasteiger partial charge in [0.05, 0.1) is 6.21 Å². The number of nitrogens with zero attached hydrogens (tertiary/aromatic N) is 1. The molecule has 0 spiro atoms. The lowest BCUT2D eigenvalue weighted by atomic mass is 10.2. The van der Waals surface area contributed by atoms with Gasteiger partial charge in [0.2, 0.25) is 0 Å². The van der Waals surface area contributed by atoms with E-state index in [1.807, 2.05) is 12.1 Å².